The molecule has 112 valence electrons. The molecule has 5 heteroatoms. The first-order valence-electron chi connectivity index (χ1n) is 7.12. The van der Waals surface area contributed by atoms with Gasteiger partial charge in [-0.2, -0.15) is 0 Å². The minimum Gasteiger partial charge on any atom is -0.466 e. The van der Waals surface area contributed by atoms with E-state index in [0.29, 0.717) is 19.6 Å². The highest BCUT2D eigenvalue weighted by Gasteiger charge is 2.16. The molecule has 0 saturated carbocycles. The van der Waals surface area contributed by atoms with Crippen LogP contribution in [0.4, 0.5) is 0 Å². The number of esters is 2. The maximum atomic E-state index is 11.3. The van der Waals surface area contributed by atoms with Gasteiger partial charge in [-0.3, -0.25) is 4.79 Å². The molecular formula is C14H26O5. The van der Waals surface area contributed by atoms with Crippen molar-refractivity contribution in [2.24, 2.45) is 0 Å². The van der Waals surface area contributed by atoms with E-state index in [-0.39, 0.29) is 18.8 Å². The van der Waals surface area contributed by atoms with Crippen LogP contribution in [0.15, 0.2) is 0 Å². The minimum atomic E-state index is -1.14. The second kappa shape index (κ2) is 12.0. The summed E-state index contributed by atoms with van der Waals surface area (Å²) >= 11 is 0. The summed E-state index contributed by atoms with van der Waals surface area (Å²) in [4.78, 5) is 22.6. The molecule has 0 aromatic heterocycles. The van der Waals surface area contributed by atoms with Gasteiger partial charge in [-0.05, 0) is 25.7 Å². The lowest BCUT2D eigenvalue weighted by atomic mass is 10.1. The van der Waals surface area contributed by atoms with Gasteiger partial charge in [0.1, 0.15) is 0 Å². The number of unbranched alkanes of at least 4 members (excludes halogenated alkanes) is 2. The summed E-state index contributed by atoms with van der Waals surface area (Å²) in [6, 6.07) is 0. The molecule has 1 unspecified atom stereocenters. The summed E-state index contributed by atoms with van der Waals surface area (Å²) in [5.41, 5.74) is 0. The Hall–Kier alpha value is -1.10. The van der Waals surface area contributed by atoms with E-state index in [2.05, 4.69) is 0 Å². The van der Waals surface area contributed by atoms with Gasteiger partial charge >= 0.3 is 11.9 Å². The van der Waals surface area contributed by atoms with E-state index in [9.17, 15) is 14.7 Å². The molecule has 0 aromatic carbocycles. The molecule has 0 amide bonds. The largest absolute Gasteiger partial charge is 0.466 e. The van der Waals surface area contributed by atoms with Crippen molar-refractivity contribution in [1.29, 1.82) is 0 Å². The molecule has 0 saturated heterocycles. The molecule has 1 N–H and O–H groups in total. The Balaban J connectivity index is 3.58. The number of hydrogen-bond acceptors (Lipinski definition) is 5. The molecule has 0 heterocycles. The lowest BCUT2D eigenvalue weighted by molar-refractivity contribution is -0.154. The highest BCUT2D eigenvalue weighted by atomic mass is 16.5. The summed E-state index contributed by atoms with van der Waals surface area (Å²) in [6.07, 6.45) is 3.31. The first-order chi connectivity index (χ1) is 9.11. The molecule has 19 heavy (non-hydrogen) atoms. The van der Waals surface area contributed by atoms with Crippen molar-refractivity contribution in [2.45, 2.75) is 64.9 Å². The van der Waals surface area contributed by atoms with Crippen LogP contribution >= 0.6 is 0 Å². The lowest BCUT2D eigenvalue weighted by Crippen LogP contribution is -2.23. The van der Waals surface area contributed by atoms with Crippen molar-refractivity contribution in [2.75, 3.05) is 13.2 Å². The van der Waals surface area contributed by atoms with Gasteiger partial charge in [0.05, 0.1) is 13.2 Å². The van der Waals surface area contributed by atoms with Crippen LogP contribution in [0.5, 0.6) is 0 Å². The molecular weight excluding hydrogens is 248 g/mol. The molecule has 0 bridgehead atoms. The lowest BCUT2D eigenvalue weighted by Gasteiger charge is -2.10. The number of aliphatic hydroxyl groups is 1. The first-order valence-corrected chi connectivity index (χ1v) is 7.12. The first kappa shape index (κ1) is 17.9. The fourth-order valence-electron chi connectivity index (χ4n) is 1.37. The fraction of sp³-hybridized carbons (Fsp3) is 0.857. The predicted octanol–water partition coefficient (Wildman–Crippen LogP) is 2.20. The van der Waals surface area contributed by atoms with Gasteiger partial charge in [0.25, 0.3) is 0 Å². The SMILES string of the molecule is CCCCOC(=O)CCCC(O)C(=O)OCCCC. The Labute approximate surface area is 115 Å². The summed E-state index contributed by atoms with van der Waals surface area (Å²) in [6.45, 7) is 4.80. The van der Waals surface area contributed by atoms with Gasteiger partial charge in [0.15, 0.2) is 6.10 Å². The van der Waals surface area contributed by atoms with Crippen LogP contribution < -0.4 is 0 Å². The van der Waals surface area contributed by atoms with Gasteiger partial charge in [-0.1, -0.05) is 26.7 Å². The topological polar surface area (TPSA) is 72.8 Å². The van der Waals surface area contributed by atoms with Crippen molar-refractivity contribution in [3.63, 3.8) is 0 Å². The zero-order chi connectivity index (χ0) is 14.5. The summed E-state index contributed by atoms with van der Waals surface area (Å²) in [5, 5.41) is 9.52. The van der Waals surface area contributed by atoms with Crippen LogP contribution in [0, 0.1) is 0 Å². The van der Waals surface area contributed by atoms with E-state index in [4.69, 9.17) is 9.47 Å². The third-order valence-corrected chi connectivity index (χ3v) is 2.63. The molecule has 1 atom stereocenters. The van der Waals surface area contributed by atoms with Gasteiger partial charge in [0.2, 0.25) is 0 Å². The quantitative estimate of drug-likeness (QED) is 0.462. The Morgan fingerprint density at radius 1 is 1.00 bits per heavy atom. The van der Waals surface area contributed by atoms with Crippen molar-refractivity contribution in [3.8, 4) is 0 Å². The molecule has 0 rings (SSSR count). The molecule has 0 aliphatic carbocycles. The second-order valence-electron chi connectivity index (χ2n) is 4.50. The standard InChI is InChI=1S/C14H26O5/c1-3-5-10-18-13(16)9-7-8-12(15)14(17)19-11-6-4-2/h12,15H,3-11H2,1-2H3. The molecule has 0 spiro atoms. The van der Waals surface area contributed by atoms with Gasteiger partial charge in [-0.25, -0.2) is 4.79 Å². The Morgan fingerprint density at radius 2 is 1.58 bits per heavy atom. The summed E-state index contributed by atoms with van der Waals surface area (Å²) < 4.78 is 9.84. The highest BCUT2D eigenvalue weighted by molar-refractivity contribution is 5.74. The molecule has 0 radical (unpaired) electrons. The Bertz CT molecular complexity index is 252. The Morgan fingerprint density at radius 3 is 2.16 bits per heavy atom. The average molecular weight is 274 g/mol. The monoisotopic (exact) mass is 274 g/mol. The van der Waals surface area contributed by atoms with E-state index in [1.807, 2.05) is 13.8 Å². The molecule has 0 aliphatic heterocycles. The molecule has 5 nitrogen and oxygen atoms in total. The van der Waals surface area contributed by atoms with Crippen LogP contribution in [0.3, 0.4) is 0 Å². The number of rotatable bonds is 11. The molecule has 0 fully saturated rings. The molecule has 0 aromatic rings. The van der Waals surface area contributed by atoms with E-state index < -0.39 is 12.1 Å². The number of aliphatic hydroxyl groups excluding tert-OH is 1. The average Bonchev–Trinajstić information content (AvgIpc) is 2.39. The van der Waals surface area contributed by atoms with Gasteiger partial charge in [0, 0.05) is 6.42 Å². The van der Waals surface area contributed by atoms with Crippen LogP contribution in [0.2, 0.25) is 0 Å². The fourth-order valence-corrected chi connectivity index (χ4v) is 1.37. The highest BCUT2D eigenvalue weighted by Crippen LogP contribution is 2.05. The van der Waals surface area contributed by atoms with Crippen LogP contribution in [0.25, 0.3) is 0 Å². The van der Waals surface area contributed by atoms with Crippen LogP contribution in [-0.2, 0) is 19.1 Å². The minimum absolute atomic E-state index is 0.225. The maximum absolute atomic E-state index is 11.3. The smallest absolute Gasteiger partial charge is 0.334 e. The van der Waals surface area contributed by atoms with E-state index in [0.717, 1.165) is 25.7 Å². The van der Waals surface area contributed by atoms with Crippen LogP contribution in [0.1, 0.15) is 58.8 Å². The molecule has 0 aliphatic rings. The van der Waals surface area contributed by atoms with E-state index in [1.54, 1.807) is 0 Å². The van der Waals surface area contributed by atoms with Crippen molar-refractivity contribution >= 4 is 11.9 Å². The summed E-state index contributed by atoms with van der Waals surface area (Å²) in [5.74, 6) is -0.882. The van der Waals surface area contributed by atoms with Crippen molar-refractivity contribution in [1.82, 2.24) is 0 Å². The maximum Gasteiger partial charge on any atom is 0.334 e. The van der Waals surface area contributed by atoms with Crippen molar-refractivity contribution < 1.29 is 24.2 Å². The van der Waals surface area contributed by atoms with Crippen LogP contribution in [-0.4, -0.2) is 36.4 Å². The van der Waals surface area contributed by atoms with E-state index >= 15 is 0 Å². The number of ether oxygens (including phenoxy) is 2. The number of carbonyl (C=O) groups is 2. The number of carbonyl (C=O) groups excluding carboxylic acids is 2. The zero-order valence-electron chi connectivity index (χ0n) is 12.0. The normalized spacial score (nSPS) is 11.9. The summed E-state index contributed by atoms with van der Waals surface area (Å²) in [7, 11) is 0. The van der Waals surface area contributed by atoms with E-state index in [1.165, 1.54) is 0 Å². The van der Waals surface area contributed by atoms with Crippen molar-refractivity contribution in [3.05, 3.63) is 0 Å². The van der Waals surface area contributed by atoms with Gasteiger partial charge < -0.3 is 14.6 Å². The third kappa shape index (κ3) is 10.5. The zero-order valence-corrected chi connectivity index (χ0v) is 12.0. The predicted molar refractivity (Wildman–Crippen MR) is 71.6 cm³/mol. The van der Waals surface area contributed by atoms with Gasteiger partial charge in [-0.15, -0.1) is 0 Å². The third-order valence-electron chi connectivity index (χ3n) is 2.63. The second-order valence-corrected chi connectivity index (χ2v) is 4.50. The Kier molecular flexibility index (Phi) is 11.3. The number of hydrogen-bond donors (Lipinski definition) is 1.